The molecule has 1 saturated heterocycles. The molecule has 1 aliphatic rings. The van der Waals surface area contributed by atoms with Crippen LogP contribution in [0, 0.1) is 5.92 Å². The van der Waals surface area contributed by atoms with Crippen LogP contribution in [-0.4, -0.2) is 25.0 Å². The minimum Gasteiger partial charge on any atom is -0.494 e. The Bertz CT molecular complexity index is 516. The van der Waals surface area contributed by atoms with Crippen LogP contribution < -0.4 is 21.1 Å². The third-order valence-corrected chi connectivity index (χ3v) is 3.13. The lowest BCUT2D eigenvalue weighted by Gasteiger charge is -2.19. The monoisotopic (exact) mass is 263 g/mol. The lowest BCUT2D eigenvalue weighted by Crippen LogP contribution is -2.28. The van der Waals surface area contributed by atoms with Crippen molar-refractivity contribution in [1.82, 2.24) is 0 Å². The van der Waals surface area contributed by atoms with Crippen molar-refractivity contribution in [1.29, 1.82) is 0 Å². The molecule has 102 valence electrons. The number of nitrogen functional groups attached to an aromatic ring is 1. The molecule has 0 bridgehead atoms. The molecule has 0 radical (unpaired) electrons. The van der Waals surface area contributed by atoms with Crippen molar-refractivity contribution in [2.24, 2.45) is 11.7 Å². The van der Waals surface area contributed by atoms with Crippen LogP contribution in [0.2, 0.25) is 0 Å². The summed E-state index contributed by atoms with van der Waals surface area (Å²) in [5, 5.41) is 0. The van der Waals surface area contributed by atoms with E-state index in [1.165, 1.54) is 4.90 Å². The zero-order valence-electron chi connectivity index (χ0n) is 10.8. The van der Waals surface area contributed by atoms with E-state index in [0.717, 1.165) is 0 Å². The maximum atomic E-state index is 11.9. The number of carbonyl (C=O) groups excluding carboxylic acids is 2. The van der Waals surface area contributed by atoms with Gasteiger partial charge in [-0.05, 0) is 19.1 Å². The quantitative estimate of drug-likeness (QED) is 0.773. The van der Waals surface area contributed by atoms with E-state index >= 15 is 0 Å². The van der Waals surface area contributed by atoms with E-state index in [0.29, 0.717) is 23.7 Å². The van der Waals surface area contributed by atoms with E-state index in [2.05, 4.69) is 0 Å². The van der Waals surface area contributed by atoms with Crippen molar-refractivity contribution in [3.63, 3.8) is 0 Å². The van der Waals surface area contributed by atoms with Crippen molar-refractivity contribution in [2.45, 2.75) is 13.3 Å². The second-order valence-corrected chi connectivity index (χ2v) is 4.46. The molecule has 0 aliphatic carbocycles. The van der Waals surface area contributed by atoms with Crippen LogP contribution in [0.3, 0.4) is 0 Å². The van der Waals surface area contributed by atoms with Gasteiger partial charge < -0.3 is 21.1 Å². The van der Waals surface area contributed by atoms with Crippen molar-refractivity contribution in [3.05, 3.63) is 18.2 Å². The largest absolute Gasteiger partial charge is 0.494 e. The molecule has 0 aromatic heterocycles. The van der Waals surface area contributed by atoms with Crippen LogP contribution in [0.4, 0.5) is 11.4 Å². The number of rotatable bonds is 4. The molecule has 6 heteroatoms. The predicted octanol–water partition coefficient (Wildman–Crippen LogP) is 0.506. The molecule has 1 fully saturated rings. The predicted molar refractivity (Wildman–Crippen MR) is 71.7 cm³/mol. The molecule has 1 aromatic carbocycles. The Morgan fingerprint density at radius 3 is 2.79 bits per heavy atom. The van der Waals surface area contributed by atoms with Crippen molar-refractivity contribution >= 4 is 23.2 Å². The summed E-state index contributed by atoms with van der Waals surface area (Å²) in [5.74, 6) is -0.389. The molecule has 1 heterocycles. The fourth-order valence-corrected chi connectivity index (χ4v) is 2.17. The fraction of sp³-hybridized carbons (Fsp3) is 0.385. The molecule has 6 nitrogen and oxygen atoms in total. The smallest absolute Gasteiger partial charge is 0.227 e. The highest BCUT2D eigenvalue weighted by atomic mass is 16.5. The number of nitrogens with two attached hydrogens (primary N) is 2. The molecular formula is C13H17N3O3. The third kappa shape index (κ3) is 2.62. The number of nitrogens with zero attached hydrogens (tertiary/aromatic N) is 1. The average Bonchev–Trinajstić information content (AvgIpc) is 2.72. The van der Waals surface area contributed by atoms with Gasteiger partial charge in [-0.1, -0.05) is 0 Å². The summed E-state index contributed by atoms with van der Waals surface area (Å²) in [6.07, 6.45) is 0.141. The number of benzene rings is 1. The first-order chi connectivity index (χ1) is 9.02. The van der Waals surface area contributed by atoms with Crippen LogP contribution in [0.5, 0.6) is 5.75 Å². The van der Waals surface area contributed by atoms with Crippen LogP contribution in [0.25, 0.3) is 0 Å². The Kier molecular flexibility index (Phi) is 3.59. The highest BCUT2D eigenvalue weighted by Gasteiger charge is 2.34. The summed E-state index contributed by atoms with van der Waals surface area (Å²) in [5.41, 5.74) is 12.2. The number of primary amides is 1. The first kappa shape index (κ1) is 13.2. The minimum atomic E-state index is -0.458. The van der Waals surface area contributed by atoms with E-state index in [4.69, 9.17) is 16.2 Å². The number of hydrogen-bond donors (Lipinski definition) is 2. The molecule has 1 atom stereocenters. The molecule has 1 aromatic rings. The molecule has 0 saturated carbocycles. The van der Waals surface area contributed by atoms with Gasteiger partial charge in [0.1, 0.15) is 5.75 Å². The lowest BCUT2D eigenvalue weighted by atomic mass is 10.1. The zero-order valence-corrected chi connectivity index (χ0v) is 10.8. The zero-order chi connectivity index (χ0) is 14.0. The van der Waals surface area contributed by atoms with E-state index in [1.54, 1.807) is 18.2 Å². The molecule has 2 amide bonds. The Morgan fingerprint density at radius 2 is 2.26 bits per heavy atom. The van der Waals surface area contributed by atoms with E-state index in [9.17, 15) is 9.59 Å². The van der Waals surface area contributed by atoms with Gasteiger partial charge in [-0.3, -0.25) is 9.59 Å². The average molecular weight is 263 g/mol. The van der Waals surface area contributed by atoms with Gasteiger partial charge in [0.15, 0.2) is 0 Å². The molecule has 1 aliphatic heterocycles. The van der Waals surface area contributed by atoms with E-state index in [1.807, 2.05) is 6.92 Å². The highest BCUT2D eigenvalue weighted by Crippen LogP contribution is 2.32. The Labute approximate surface area is 111 Å². The molecular weight excluding hydrogens is 246 g/mol. The standard InChI is InChI=1S/C13H17N3O3/c1-2-19-9-3-4-11(10(14)6-9)16-7-8(13(15)18)5-12(16)17/h3-4,6,8H,2,5,7,14H2,1H3,(H2,15,18)/t8-/m0/s1. The minimum absolute atomic E-state index is 0.139. The molecule has 2 rings (SSSR count). The number of anilines is 2. The lowest BCUT2D eigenvalue weighted by molar-refractivity contribution is -0.123. The molecule has 0 unspecified atom stereocenters. The second-order valence-electron chi connectivity index (χ2n) is 4.46. The summed E-state index contributed by atoms with van der Waals surface area (Å²) in [4.78, 5) is 24.5. The summed E-state index contributed by atoms with van der Waals surface area (Å²) >= 11 is 0. The Balaban J connectivity index is 2.23. The number of carbonyl (C=O) groups is 2. The first-order valence-electron chi connectivity index (χ1n) is 6.15. The van der Waals surface area contributed by atoms with E-state index in [-0.39, 0.29) is 18.9 Å². The fourth-order valence-electron chi connectivity index (χ4n) is 2.17. The van der Waals surface area contributed by atoms with Gasteiger partial charge >= 0.3 is 0 Å². The number of amides is 2. The van der Waals surface area contributed by atoms with Gasteiger partial charge in [-0.25, -0.2) is 0 Å². The Morgan fingerprint density at radius 1 is 1.53 bits per heavy atom. The maximum Gasteiger partial charge on any atom is 0.227 e. The highest BCUT2D eigenvalue weighted by molar-refractivity contribution is 6.02. The maximum absolute atomic E-state index is 11.9. The Hall–Kier alpha value is -2.24. The van der Waals surface area contributed by atoms with Gasteiger partial charge in [0, 0.05) is 19.0 Å². The van der Waals surface area contributed by atoms with Gasteiger partial charge in [0.25, 0.3) is 0 Å². The second kappa shape index (κ2) is 5.17. The van der Waals surface area contributed by atoms with Gasteiger partial charge in [0.05, 0.1) is 23.9 Å². The normalized spacial score (nSPS) is 18.7. The molecule has 0 spiro atoms. The van der Waals surface area contributed by atoms with Crippen LogP contribution >= 0.6 is 0 Å². The van der Waals surface area contributed by atoms with Crippen molar-refractivity contribution in [3.8, 4) is 5.75 Å². The summed E-state index contributed by atoms with van der Waals surface area (Å²) in [6, 6.07) is 5.14. The van der Waals surface area contributed by atoms with Crippen LogP contribution in [0.15, 0.2) is 18.2 Å². The molecule has 4 N–H and O–H groups in total. The summed E-state index contributed by atoms with van der Waals surface area (Å²) < 4.78 is 5.33. The van der Waals surface area contributed by atoms with E-state index < -0.39 is 11.8 Å². The summed E-state index contributed by atoms with van der Waals surface area (Å²) in [6.45, 7) is 2.71. The van der Waals surface area contributed by atoms with Crippen LogP contribution in [0.1, 0.15) is 13.3 Å². The van der Waals surface area contributed by atoms with Crippen LogP contribution in [-0.2, 0) is 9.59 Å². The van der Waals surface area contributed by atoms with Gasteiger partial charge in [-0.15, -0.1) is 0 Å². The molecule has 19 heavy (non-hydrogen) atoms. The SMILES string of the molecule is CCOc1ccc(N2C[C@@H](C(N)=O)CC2=O)c(N)c1. The van der Waals surface area contributed by atoms with Gasteiger partial charge in [-0.2, -0.15) is 0 Å². The van der Waals surface area contributed by atoms with Crippen molar-refractivity contribution < 1.29 is 14.3 Å². The van der Waals surface area contributed by atoms with Crippen molar-refractivity contribution in [2.75, 3.05) is 23.8 Å². The van der Waals surface area contributed by atoms with Gasteiger partial charge in [0.2, 0.25) is 11.8 Å². The first-order valence-corrected chi connectivity index (χ1v) is 6.15. The number of ether oxygens (including phenoxy) is 1. The topological polar surface area (TPSA) is 98.6 Å². The number of hydrogen-bond acceptors (Lipinski definition) is 4. The summed E-state index contributed by atoms with van der Waals surface area (Å²) in [7, 11) is 0. The third-order valence-electron chi connectivity index (χ3n) is 3.13.